The molecule has 0 aromatic heterocycles. The van der Waals surface area contributed by atoms with Crippen molar-refractivity contribution in [1.29, 1.82) is 0 Å². The van der Waals surface area contributed by atoms with Crippen LogP contribution in [0.4, 0.5) is 0 Å². The molecule has 0 amide bonds. The monoisotopic (exact) mass is 209 g/mol. The number of rotatable bonds is 2. The van der Waals surface area contributed by atoms with E-state index in [-0.39, 0.29) is 10.8 Å². The smallest absolute Gasteiger partial charge is 0.0266 e. The highest BCUT2D eigenvalue weighted by Crippen LogP contribution is 2.32. The minimum Gasteiger partial charge on any atom is -0.324 e. The van der Waals surface area contributed by atoms with Gasteiger partial charge in [-0.15, -0.1) is 11.8 Å². The van der Waals surface area contributed by atoms with Crippen LogP contribution in [0.5, 0.6) is 0 Å². The topological polar surface area (TPSA) is 26.0 Å². The molecular weight excluding hydrogens is 190 g/mol. The van der Waals surface area contributed by atoms with E-state index in [1.165, 1.54) is 10.5 Å². The fourth-order valence-corrected chi connectivity index (χ4v) is 2.17. The van der Waals surface area contributed by atoms with Crippen molar-refractivity contribution >= 4 is 11.8 Å². The Hall–Kier alpha value is -0.470. The number of nitrogens with two attached hydrogens (primary N) is 1. The van der Waals surface area contributed by atoms with Crippen LogP contribution in [0, 0.1) is 0 Å². The number of thioether (sulfide) groups is 1. The van der Waals surface area contributed by atoms with Crippen molar-refractivity contribution in [1.82, 2.24) is 0 Å². The van der Waals surface area contributed by atoms with Gasteiger partial charge < -0.3 is 5.73 Å². The lowest BCUT2D eigenvalue weighted by Gasteiger charge is -2.17. The summed E-state index contributed by atoms with van der Waals surface area (Å²) >= 11 is 1.88. The number of hydrogen-bond donors (Lipinski definition) is 1. The van der Waals surface area contributed by atoms with E-state index in [0.29, 0.717) is 0 Å². The van der Waals surface area contributed by atoms with Gasteiger partial charge in [-0.3, -0.25) is 0 Å². The molecule has 0 aliphatic carbocycles. The van der Waals surface area contributed by atoms with Gasteiger partial charge in [0.2, 0.25) is 0 Å². The molecule has 0 bridgehead atoms. The summed E-state index contributed by atoms with van der Waals surface area (Å²) in [6, 6.07) is 8.64. The van der Waals surface area contributed by atoms with Gasteiger partial charge in [-0.05, 0) is 24.6 Å². The van der Waals surface area contributed by atoms with Crippen molar-refractivity contribution in [3.8, 4) is 0 Å². The van der Waals surface area contributed by atoms with Crippen molar-refractivity contribution in [3.05, 3.63) is 29.8 Å². The van der Waals surface area contributed by atoms with Gasteiger partial charge in [-0.1, -0.05) is 32.9 Å². The Morgan fingerprint density at radius 3 is 2.00 bits per heavy atom. The van der Waals surface area contributed by atoms with Gasteiger partial charge in [0.1, 0.15) is 0 Å². The third-order valence-corrected chi connectivity index (χ3v) is 2.95. The molecule has 0 saturated heterocycles. The van der Waals surface area contributed by atoms with E-state index in [0.717, 1.165) is 0 Å². The molecule has 1 rings (SSSR count). The highest BCUT2D eigenvalue weighted by atomic mass is 32.2. The summed E-state index contributed by atoms with van der Waals surface area (Å²) in [5.74, 6) is 0. The van der Waals surface area contributed by atoms with Crippen molar-refractivity contribution in [2.24, 2.45) is 5.73 Å². The van der Waals surface area contributed by atoms with Crippen LogP contribution >= 0.6 is 11.8 Å². The molecule has 0 spiro atoms. The Morgan fingerprint density at radius 1 is 1.14 bits per heavy atom. The van der Waals surface area contributed by atoms with E-state index < -0.39 is 0 Å². The molecule has 78 valence electrons. The Morgan fingerprint density at radius 2 is 1.64 bits per heavy atom. The molecule has 0 aliphatic heterocycles. The molecule has 2 heteroatoms. The van der Waals surface area contributed by atoms with Crippen LogP contribution in [-0.2, 0) is 0 Å². The van der Waals surface area contributed by atoms with Gasteiger partial charge >= 0.3 is 0 Å². The van der Waals surface area contributed by atoms with Crippen LogP contribution in [0.1, 0.15) is 39.3 Å². The van der Waals surface area contributed by atoms with Crippen LogP contribution < -0.4 is 5.73 Å². The summed E-state index contributed by atoms with van der Waals surface area (Å²) in [6.07, 6.45) is 0. The number of benzene rings is 1. The summed E-state index contributed by atoms with van der Waals surface area (Å²) in [5, 5.41) is 0. The summed E-state index contributed by atoms with van der Waals surface area (Å²) in [7, 11) is 0. The van der Waals surface area contributed by atoms with E-state index in [2.05, 4.69) is 45.0 Å². The maximum absolute atomic E-state index is 5.78. The van der Waals surface area contributed by atoms with Crippen LogP contribution in [0.25, 0.3) is 0 Å². The second kappa shape index (κ2) is 4.37. The molecule has 0 heterocycles. The molecule has 1 aromatic rings. The maximum Gasteiger partial charge on any atom is 0.0266 e. The third kappa shape index (κ3) is 3.72. The predicted octanol–water partition coefficient (Wildman–Crippen LogP) is 3.60. The number of hydrogen-bond acceptors (Lipinski definition) is 2. The molecule has 0 fully saturated rings. The largest absolute Gasteiger partial charge is 0.324 e. The molecular formula is C12H19NS. The second-order valence-corrected chi connectivity index (χ2v) is 6.47. The van der Waals surface area contributed by atoms with E-state index >= 15 is 0 Å². The first-order valence-electron chi connectivity index (χ1n) is 4.93. The average Bonchev–Trinajstić information content (AvgIpc) is 2.02. The van der Waals surface area contributed by atoms with Crippen LogP contribution in [-0.4, -0.2) is 4.75 Å². The molecule has 0 radical (unpaired) electrons. The fraction of sp³-hybridized carbons (Fsp3) is 0.500. The third-order valence-electron chi connectivity index (χ3n) is 1.83. The molecule has 0 aliphatic rings. The molecule has 1 atom stereocenters. The van der Waals surface area contributed by atoms with E-state index in [4.69, 9.17) is 5.73 Å². The first-order chi connectivity index (χ1) is 6.38. The van der Waals surface area contributed by atoms with E-state index in [1.54, 1.807) is 0 Å². The lowest BCUT2D eigenvalue weighted by Crippen LogP contribution is -2.07. The zero-order valence-corrected chi connectivity index (χ0v) is 10.2. The van der Waals surface area contributed by atoms with Crippen LogP contribution in [0.15, 0.2) is 29.2 Å². The summed E-state index contributed by atoms with van der Waals surface area (Å²) < 4.78 is 0.274. The Bertz CT molecular complexity index is 282. The quantitative estimate of drug-likeness (QED) is 0.753. The van der Waals surface area contributed by atoms with Crippen LogP contribution in [0.3, 0.4) is 0 Å². The fourth-order valence-electron chi connectivity index (χ4n) is 1.19. The summed E-state index contributed by atoms with van der Waals surface area (Å²) in [5.41, 5.74) is 6.98. The van der Waals surface area contributed by atoms with Crippen molar-refractivity contribution in [2.45, 2.75) is 43.4 Å². The van der Waals surface area contributed by atoms with Gasteiger partial charge in [0.05, 0.1) is 0 Å². The molecule has 2 N–H and O–H groups in total. The molecule has 14 heavy (non-hydrogen) atoms. The maximum atomic E-state index is 5.78. The lowest BCUT2D eigenvalue weighted by molar-refractivity contribution is 0.801. The standard InChI is InChI=1S/C12H19NS/c1-9(13)10-5-7-11(8-6-10)14-12(2,3)4/h5-9H,13H2,1-4H3/t9-/m0/s1. The SMILES string of the molecule is C[C@H](N)c1ccc(SC(C)(C)C)cc1. The van der Waals surface area contributed by atoms with Gasteiger partial charge in [0.25, 0.3) is 0 Å². The Balaban J connectivity index is 2.74. The van der Waals surface area contributed by atoms with Crippen molar-refractivity contribution in [3.63, 3.8) is 0 Å². The molecule has 0 saturated carbocycles. The van der Waals surface area contributed by atoms with Gasteiger partial charge in [0, 0.05) is 15.7 Å². The van der Waals surface area contributed by atoms with E-state index in [1.807, 2.05) is 18.7 Å². The minimum absolute atomic E-state index is 0.128. The van der Waals surface area contributed by atoms with Gasteiger partial charge in [-0.2, -0.15) is 0 Å². The lowest BCUT2D eigenvalue weighted by atomic mass is 10.1. The zero-order chi connectivity index (χ0) is 10.8. The normalized spacial score (nSPS) is 14.1. The second-order valence-electron chi connectivity index (χ2n) is 4.57. The average molecular weight is 209 g/mol. The van der Waals surface area contributed by atoms with Crippen molar-refractivity contribution in [2.75, 3.05) is 0 Å². The summed E-state index contributed by atoms with van der Waals surface area (Å²) in [6.45, 7) is 8.66. The Labute approximate surface area is 91.1 Å². The first kappa shape index (κ1) is 11.6. The zero-order valence-electron chi connectivity index (χ0n) is 9.37. The van der Waals surface area contributed by atoms with Gasteiger partial charge in [0.15, 0.2) is 0 Å². The highest BCUT2D eigenvalue weighted by molar-refractivity contribution is 8.00. The Kier molecular flexibility index (Phi) is 3.62. The summed E-state index contributed by atoms with van der Waals surface area (Å²) in [4.78, 5) is 1.31. The highest BCUT2D eigenvalue weighted by Gasteiger charge is 2.11. The first-order valence-corrected chi connectivity index (χ1v) is 5.75. The minimum atomic E-state index is 0.128. The molecule has 0 unspecified atom stereocenters. The van der Waals surface area contributed by atoms with Crippen LogP contribution in [0.2, 0.25) is 0 Å². The predicted molar refractivity (Wildman–Crippen MR) is 64.7 cm³/mol. The van der Waals surface area contributed by atoms with E-state index in [9.17, 15) is 0 Å². The molecule has 1 nitrogen and oxygen atoms in total. The van der Waals surface area contributed by atoms with Gasteiger partial charge in [-0.25, -0.2) is 0 Å². The molecule has 1 aromatic carbocycles. The van der Waals surface area contributed by atoms with Crippen molar-refractivity contribution < 1.29 is 0 Å².